The molecule has 0 bridgehead atoms. The van der Waals surface area contributed by atoms with Gasteiger partial charge < -0.3 is 20.1 Å². The Morgan fingerprint density at radius 2 is 2.14 bits per heavy atom. The minimum Gasteiger partial charge on any atom is -0.497 e. The van der Waals surface area contributed by atoms with Crippen LogP contribution < -0.4 is 15.4 Å². The van der Waals surface area contributed by atoms with Gasteiger partial charge in [0, 0.05) is 34.4 Å². The lowest BCUT2D eigenvalue weighted by Gasteiger charge is -2.30. The summed E-state index contributed by atoms with van der Waals surface area (Å²) in [5, 5.41) is 7.13. The second-order valence-corrected chi connectivity index (χ2v) is 8.97. The highest BCUT2D eigenvalue weighted by atomic mass is 127. The molecular formula is C21H36IN3O3S. The second kappa shape index (κ2) is 15.0. The van der Waals surface area contributed by atoms with E-state index in [1.54, 1.807) is 7.11 Å². The van der Waals surface area contributed by atoms with Crippen molar-refractivity contribution in [2.24, 2.45) is 4.99 Å². The average Bonchev–Trinajstić information content (AvgIpc) is 2.73. The van der Waals surface area contributed by atoms with Crippen LogP contribution in [0, 0.1) is 0 Å². The Labute approximate surface area is 195 Å². The van der Waals surface area contributed by atoms with Crippen LogP contribution in [0.1, 0.15) is 45.1 Å². The third kappa shape index (κ3) is 9.65. The third-order valence-corrected chi connectivity index (χ3v) is 6.62. The molecule has 1 aromatic rings. The quantitative estimate of drug-likeness (QED) is 0.207. The Hall–Kier alpha value is -0.870. The number of aliphatic imine (C=N–C) groups is 1. The molecule has 3 atom stereocenters. The standard InChI is InChI=1S/C21H35N3O3S.HI/c1-4-22-21(24-18-9-7-11-20(15-18)28(25)5-2)23-12-13-27-16-17-8-6-10-19(14-17)26-3;/h6,8,10,14,18,20H,4-5,7,9,11-13,15-16H2,1-3H3,(H2,22,23,24);1H. The number of rotatable bonds is 10. The van der Waals surface area contributed by atoms with Gasteiger partial charge in [-0.15, -0.1) is 24.0 Å². The number of halogens is 1. The normalized spacial score (nSPS) is 20.4. The molecule has 2 rings (SSSR count). The molecule has 0 radical (unpaired) electrons. The van der Waals surface area contributed by atoms with Gasteiger partial charge in [-0.3, -0.25) is 9.20 Å². The molecule has 0 amide bonds. The van der Waals surface area contributed by atoms with Crippen molar-refractivity contribution in [1.29, 1.82) is 0 Å². The van der Waals surface area contributed by atoms with E-state index in [4.69, 9.17) is 9.47 Å². The smallest absolute Gasteiger partial charge is 0.191 e. The van der Waals surface area contributed by atoms with Crippen molar-refractivity contribution in [3.05, 3.63) is 29.8 Å². The van der Waals surface area contributed by atoms with E-state index in [0.717, 1.165) is 55.3 Å². The molecule has 1 aliphatic carbocycles. The van der Waals surface area contributed by atoms with Gasteiger partial charge in [-0.05, 0) is 43.9 Å². The fraction of sp³-hybridized carbons (Fsp3) is 0.667. The lowest BCUT2D eigenvalue weighted by molar-refractivity contribution is 0.128. The van der Waals surface area contributed by atoms with Crippen LogP contribution in [-0.2, 0) is 22.1 Å². The van der Waals surface area contributed by atoms with Crippen molar-refractivity contribution in [1.82, 2.24) is 10.6 Å². The monoisotopic (exact) mass is 537 g/mol. The van der Waals surface area contributed by atoms with Crippen molar-refractivity contribution in [2.45, 2.75) is 57.4 Å². The zero-order chi connectivity index (χ0) is 20.2. The number of hydrogen-bond acceptors (Lipinski definition) is 4. The van der Waals surface area contributed by atoms with Crippen LogP contribution in [0.5, 0.6) is 5.75 Å². The summed E-state index contributed by atoms with van der Waals surface area (Å²) in [5.74, 6) is 2.41. The van der Waals surface area contributed by atoms with Crippen molar-refractivity contribution >= 4 is 40.7 Å². The lowest BCUT2D eigenvalue weighted by Crippen LogP contribution is -2.46. The maximum absolute atomic E-state index is 12.1. The van der Waals surface area contributed by atoms with Crippen LogP contribution in [0.3, 0.4) is 0 Å². The summed E-state index contributed by atoms with van der Waals surface area (Å²) in [6, 6.07) is 8.23. The molecule has 1 fully saturated rings. The van der Waals surface area contributed by atoms with E-state index < -0.39 is 10.8 Å². The molecule has 0 heterocycles. The maximum Gasteiger partial charge on any atom is 0.191 e. The Balaban J connectivity index is 0.00000420. The summed E-state index contributed by atoms with van der Waals surface area (Å²) in [7, 11) is 0.954. The molecule has 166 valence electrons. The topological polar surface area (TPSA) is 72.0 Å². The van der Waals surface area contributed by atoms with Gasteiger partial charge in [0.15, 0.2) is 5.96 Å². The molecule has 3 unspecified atom stereocenters. The van der Waals surface area contributed by atoms with E-state index in [-0.39, 0.29) is 24.0 Å². The minimum absolute atomic E-state index is 0. The summed E-state index contributed by atoms with van der Waals surface area (Å²) in [6.45, 7) is 6.57. The average molecular weight is 538 g/mol. The summed E-state index contributed by atoms with van der Waals surface area (Å²) in [6.07, 6.45) is 4.26. The number of methoxy groups -OCH3 is 1. The van der Waals surface area contributed by atoms with Gasteiger partial charge in [0.1, 0.15) is 5.75 Å². The van der Waals surface area contributed by atoms with Gasteiger partial charge in [0.25, 0.3) is 0 Å². The van der Waals surface area contributed by atoms with Crippen molar-refractivity contribution in [2.75, 3.05) is 32.6 Å². The van der Waals surface area contributed by atoms with E-state index in [2.05, 4.69) is 22.5 Å². The van der Waals surface area contributed by atoms with Crippen molar-refractivity contribution in [3.63, 3.8) is 0 Å². The summed E-state index contributed by atoms with van der Waals surface area (Å²) in [4.78, 5) is 4.63. The summed E-state index contributed by atoms with van der Waals surface area (Å²) in [5.41, 5.74) is 1.09. The molecule has 0 aromatic heterocycles. The van der Waals surface area contributed by atoms with Crippen LogP contribution in [0.15, 0.2) is 29.3 Å². The Morgan fingerprint density at radius 3 is 2.86 bits per heavy atom. The molecule has 0 spiro atoms. The molecule has 2 N–H and O–H groups in total. The largest absolute Gasteiger partial charge is 0.497 e. The van der Waals surface area contributed by atoms with E-state index >= 15 is 0 Å². The highest BCUT2D eigenvalue weighted by Gasteiger charge is 2.25. The van der Waals surface area contributed by atoms with Crippen LogP contribution >= 0.6 is 24.0 Å². The molecule has 29 heavy (non-hydrogen) atoms. The van der Waals surface area contributed by atoms with Gasteiger partial charge >= 0.3 is 0 Å². The Morgan fingerprint density at radius 1 is 1.31 bits per heavy atom. The van der Waals surface area contributed by atoms with E-state index in [1.165, 1.54) is 0 Å². The number of nitrogens with one attached hydrogen (secondary N) is 2. The van der Waals surface area contributed by atoms with E-state index in [1.807, 2.05) is 31.2 Å². The van der Waals surface area contributed by atoms with Crippen LogP contribution in [0.2, 0.25) is 0 Å². The summed E-state index contributed by atoms with van der Waals surface area (Å²) >= 11 is 0. The second-order valence-electron chi connectivity index (χ2n) is 6.96. The molecule has 6 nitrogen and oxygen atoms in total. The minimum atomic E-state index is -0.711. The Kier molecular flexibility index (Phi) is 13.5. The molecular weight excluding hydrogens is 501 g/mol. The first-order chi connectivity index (χ1) is 13.7. The van der Waals surface area contributed by atoms with E-state index in [9.17, 15) is 4.21 Å². The third-order valence-electron chi connectivity index (χ3n) is 4.88. The zero-order valence-corrected chi connectivity index (χ0v) is 21.0. The van der Waals surface area contributed by atoms with E-state index in [0.29, 0.717) is 31.1 Å². The first kappa shape index (κ1) is 26.2. The zero-order valence-electron chi connectivity index (χ0n) is 17.8. The first-order valence-electron chi connectivity index (χ1n) is 10.3. The highest BCUT2D eigenvalue weighted by Crippen LogP contribution is 2.23. The number of ether oxygens (including phenoxy) is 2. The molecule has 1 aliphatic rings. The predicted octanol–water partition coefficient (Wildman–Crippen LogP) is 3.46. The van der Waals surface area contributed by atoms with Crippen LogP contribution in [0.4, 0.5) is 0 Å². The van der Waals surface area contributed by atoms with Crippen molar-refractivity contribution in [3.8, 4) is 5.75 Å². The molecule has 1 saturated carbocycles. The fourth-order valence-electron chi connectivity index (χ4n) is 3.44. The molecule has 8 heteroatoms. The fourth-order valence-corrected chi connectivity index (χ4v) is 4.79. The predicted molar refractivity (Wildman–Crippen MR) is 132 cm³/mol. The number of benzene rings is 1. The Bertz CT molecular complexity index is 645. The molecule has 0 saturated heterocycles. The van der Waals surface area contributed by atoms with Gasteiger partial charge in [-0.2, -0.15) is 0 Å². The SMILES string of the molecule is CCNC(=NCCOCc1cccc(OC)c1)NC1CCCC(S(=O)CC)C1.I. The first-order valence-corrected chi connectivity index (χ1v) is 11.7. The van der Waals surface area contributed by atoms with Crippen LogP contribution in [0.25, 0.3) is 0 Å². The van der Waals surface area contributed by atoms with Gasteiger partial charge in [0.2, 0.25) is 0 Å². The van der Waals surface area contributed by atoms with Gasteiger partial charge in [-0.1, -0.05) is 25.5 Å². The van der Waals surface area contributed by atoms with Gasteiger partial charge in [-0.25, -0.2) is 0 Å². The maximum atomic E-state index is 12.1. The molecule has 1 aromatic carbocycles. The number of nitrogens with zero attached hydrogens (tertiary/aromatic N) is 1. The lowest BCUT2D eigenvalue weighted by atomic mass is 9.95. The highest BCUT2D eigenvalue weighted by molar-refractivity contribution is 14.0. The van der Waals surface area contributed by atoms with Crippen LogP contribution in [-0.4, -0.2) is 54.0 Å². The number of hydrogen-bond donors (Lipinski definition) is 2. The molecule has 0 aliphatic heterocycles. The number of guanidine groups is 1. The van der Waals surface area contributed by atoms with Gasteiger partial charge in [0.05, 0.1) is 26.9 Å². The summed E-state index contributed by atoms with van der Waals surface area (Å²) < 4.78 is 23.1. The van der Waals surface area contributed by atoms with Crippen molar-refractivity contribution < 1.29 is 13.7 Å².